The maximum atomic E-state index is 6.04. The number of rotatable bonds is 7. The third kappa shape index (κ3) is 5.13. The van der Waals surface area contributed by atoms with Gasteiger partial charge in [-0.25, -0.2) is 4.98 Å². The van der Waals surface area contributed by atoms with Crippen LogP contribution in [0, 0.1) is 0 Å². The summed E-state index contributed by atoms with van der Waals surface area (Å²) in [6.07, 6.45) is 0.807. The van der Waals surface area contributed by atoms with E-state index in [1.54, 1.807) is 18.9 Å². The number of methoxy groups -OCH3 is 1. The van der Waals surface area contributed by atoms with Crippen LogP contribution in [0.4, 0.5) is 0 Å². The molecule has 1 aromatic heterocycles. The van der Waals surface area contributed by atoms with Crippen LogP contribution in [0.15, 0.2) is 59.8 Å². The summed E-state index contributed by atoms with van der Waals surface area (Å²) in [6, 6.07) is 17.1. The summed E-state index contributed by atoms with van der Waals surface area (Å²) in [5, 5.41) is 1.41. The molecule has 6 heteroatoms. The Morgan fingerprint density at radius 2 is 1.81 bits per heavy atom. The lowest BCUT2D eigenvalue weighted by molar-refractivity contribution is 0.406. The fourth-order valence-corrected chi connectivity index (χ4v) is 3.33. The monoisotopic (exact) mass is 386 g/mol. The normalized spacial score (nSPS) is 10.6. The van der Waals surface area contributed by atoms with E-state index in [1.807, 2.05) is 54.6 Å². The molecular formula is C20H19ClN2O2S. The zero-order valence-electron chi connectivity index (χ0n) is 14.6. The Morgan fingerprint density at radius 3 is 2.58 bits per heavy atom. The second kappa shape index (κ2) is 8.92. The minimum atomic E-state index is 0.527. The molecular weight excluding hydrogens is 368 g/mol. The molecule has 3 aromatic rings. The molecule has 0 amide bonds. The Morgan fingerprint density at radius 1 is 1.00 bits per heavy atom. The van der Waals surface area contributed by atoms with Gasteiger partial charge in [-0.05, 0) is 36.2 Å². The molecule has 0 unspecified atom stereocenters. The highest BCUT2D eigenvalue weighted by molar-refractivity contribution is 7.98. The maximum absolute atomic E-state index is 6.04. The van der Waals surface area contributed by atoms with Crippen LogP contribution in [0.25, 0.3) is 0 Å². The highest BCUT2D eigenvalue weighted by Crippen LogP contribution is 2.27. The van der Waals surface area contributed by atoms with Gasteiger partial charge in [0.05, 0.1) is 7.11 Å². The van der Waals surface area contributed by atoms with Gasteiger partial charge < -0.3 is 9.47 Å². The van der Waals surface area contributed by atoms with Crippen molar-refractivity contribution in [1.29, 1.82) is 0 Å². The smallest absolute Gasteiger partial charge is 0.223 e. The van der Waals surface area contributed by atoms with Crippen molar-refractivity contribution in [3.63, 3.8) is 0 Å². The Bertz CT molecular complexity index is 889. The van der Waals surface area contributed by atoms with E-state index in [2.05, 4.69) is 16.9 Å². The van der Waals surface area contributed by atoms with Gasteiger partial charge in [0.1, 0.15) is 11.5 Å². The van der Waals surface area contributed by atoms with Crippen molar-refractivity contribution in [3.8, 4) is 17.4 Å². The van der Waals surface area contributed by atoms with E-state index in [9.17, 15) is 0 Å². The Labute approximate surface area is 162 Å². The van der Waals surface area contributed by atoms with Crippen LogP contribution in [0.3, 0.4) is 0 Å². The van der Waals surface area contributed by atoms with Crippen molar-refractivity contribution in [2.45, 2.75) is 24.3 Å². The lowest BCUT2D eigenvalue weighted by atomic mass is 10.2. The van der Waals surface area contributed by atoms with Crippen LogP contribution in [-0.4, -0.2) is 17.1 Å². The number of aromatic nitrogens is 2. The number of halogens is 1. The predicted octanol–water partition coefficient (Wildman–Crippen LogP) is 5.79. The van der Waals surface area contributed by atoms with Crippen molar-refractivity contribution in [2.24, 2.45) is 0 Å². The van der Waals surface area contributed by atoms with Crippen LogP contribution < -0.4 is 9.47 Å². The third-order valence-corrected chi connectivity index (χ3v) is 4.77. The van der Waals surface area contributed by atoms with Crippen molar-refractivity contribution >= 4 is 23.4 Å². The first-order valence-electron chi connectivity index (χ1n) is 8.23. The van der Waals surface area contributed by atoms with E-state index < -0.39 is 0 Å². The summed E-state index contributed by atoms with van der Waals surface area (Å²) >= 11 is 7.60. The number of ether oxygens (including phenoxy) is 2. The molecule has 4 nitrogen and oxygen atoms in total. The first-order chi connectivity index (χ1) is 12.7. The van der Waals surface area contributed by atoms with Gasteiger partial charge in [-0.3, -0.25) is 0 Å². The van der Waals surface area contributed by atoms with Crippen molar-refractivity contribution in [2.75, 3.05) is 7.11 Å². The molecule has 1 heterocycles. The first-order valence-corrected chi connectivity index (χ1v) is 9.59. The van der Waals surface area contributed by atoms with Gasteiger partial charge in [0.15, 0.2) is 5.16 Å². The van der Waals surface area contributed by atoms with Gasteiger partial charge in [0, 0.05) is 28.6 Å². The molecule has 0 spiro atoms. The van der Waals surface area contributed by atoms with Crippen molar-refractivity contribution in [1.82, 2.24) is 9.97 Å². The summed E-state index contributed by atoms with van der Waals surface area (Å²) in [7, 11) is 1.63. The Hall–Kier alpha value is -2.24. The lowest BCUT2D eigenvalue weighted by Gasteiger charge is -2.09. The average molecular weight is 387 g/mol. The number of thioether (sulfide) groups is 1. The summed E-state index contributed by atoms with van der Waals surface area (Å²) in [6.45, 7) is 2.06. The molecule has 0 atom stereocenters. The number of benzene rings is 2. The predicted molar refractivity (Wildman–Crippen MR) is 105 cm³/mol. The molecule has 26 heavy (non-hydrogen) atoms. The minimum Gasteiger partial charge on any atom is -0.497 e. The summed E-state index contributed by atoms with van der Waals surface area (Å²) in [4.78, 5) is 9.10. The fourth-order valence-electron chi connectivity index (χ4n) is 2.31. The fraction of sp³-hybridized carbons (Fsp3) is 0.200. The molecule has 0 radical (unpaired) electrons. The summed E-state index contributed by atoms with van der Waals surface area (Å²) < 4.78 is 11.1. The van der Waals surface area contributed by atoms with E-state index in [4.69, 9.17) is 21.1 Å². The molecule has 0 aliphatic rings. The van der Waals surface area contributed by atoms with E-state index in [-0.39, 0.29) is 0 Å². The van der Waals surface area contributed by atoms with Gasteiger partial charge in [-0.2, -0.15) is 4.98 Å². The molecule has 0 saturated heterocycles. The summed E-state index contributed by atoms with van der Waals surface area (Å²) in [5.74, 6) is 2.68. The molecule has 2 aromatic carbocycles. The SMILES string of the molecule is CCc1cc(Oc2cccc(OC)c2)nc(SCc2cccc(Cl)c2)n1. The Kier molecular flexibility index (Phi) is 6.36. The zero-order chi connectivity index (χ0) is 18.4. The Balaban J connectivity index is 1.77. The standard InChI is InChI=1S/C20H19ClN2O2S/c1-3-16-11-19(25-18-9-5-8-17(12-18)24-2)23-20(22-16)26-13-14-6-4-7-15(21)10-14/h4-12H,3,13H2,1-2H3. The van der Waals surface area contributed by atoms with Crippen molar-refractivity contribution < 1.29 is 9.47 Å². The highest BCUT2D eigenvalue weighted by atomic mass is 35.5. The molecule has 0 N–H and O–H groups in total. The molecule has 0 aliphatic heterocycles. The molecule has 134 valence electrons. The van der Waals surface area contributed by atoms with Crippen LogP contribution >= 0.6 is 23.4 Å². The van der Waals surface area contributed by atoms with Gasteiger partial charge in [-0.1, -0.05) is 48.5 Å². The first kappa shape index (κ1) is 18.5. The topological polar surface area (TPSA) is 44.2 Å². The lowest BCUT2D eigenvalue weighted by Crippen LogP contribution is -1.97. The largest absolute Gasteiger partial charge is 0.497 e. The minimum absolute atomic E-state index is 0.527. The number of hydrogen-bond donors (Lipinski definition) is 0. The van der Waals surface area contributed by atoms with Crippen LogP contribution in [0.1, 0.15) is 18.2 Å². The number of hydrogen-bond acceptors (Lipinski definition) is 5. The molecule has 3 rings (SSSR count). The third-order valence-electron chi connectivity index (χ3n) is 3.62. The second-order valence-electron chi connectivity index (χ2n) is 5.53. The number of aryl methyl sites for hydroxylation is 1. The highest BCUT2D eigenvalue weighted by Gasteiger charge is 2.08. The second-order valence-corrected chi connectivity index (χ2v) is 6.91. The molecule has 0 saturated carbocycles. The van der Waals surface area contributed by atoms with E-state index in [1.165, 1.54) is 0 Å². The van der Waals surface area contributed by atoms with Gasteiger partial charge in [0.2, 0.25) is 5.88 Å². The number of nitrogens with zero attached hydrogens (tertiary/aromatic N) is 2. The van der Waals surface area contributed by atoms with Crippen molar-refractivity contribution in [3.05, 3.63) is 70.9 Å². The van der Waals surface area contributed by atoms with Gasteiger partial charge in [0.25, 0.3) is 0 Å². The van der Waals surface area contributed by atoms with Gasteiger partial charge >= 0.3 is 0 Å². The maximum Gasteiger partial charge on any atom is 0.223 e. The van der Waals surface area contributed by atoms with Gasteiger partial charge in [-0.15, -0.1) is 0 Å². The van der Waals surface area contributed by atoms with Crippen LogP contribution in [0.2, 0.25) is 5.02 Å². The average Bonchev–Trinajstić information content (AvgIpc) is 2.66. The quantitative estimate of drug-likeness (QED) is 0.380. The van der Waals surface area contributed by atoms with Crippen LogP contribution in [0.5, 0.6) is 17.4 Å². The van der Waals surface area contributed by atoms with E-state index in [0.717, 1.165) is 34.2 Å². The summed E-state index contributed by atoms with van der Waals surface area (Å²) in [5.41, 5.74) is 2.06. The van der Waals surface area contributed by atoms with Crippen LogP contribution in [-0.2, 0) is 12.2 Å². The molecule has 0 bridgehead atoms. The zero-order valence-corrected chi connectivity index (χ0v) is 16.2. The molecule has 0 fully saturated rings. The van der Waals surface area contributed by atoms with E-state index in [0.29, 0.717) is 16.8 Å². The molecule has 0 aliphatic carbocycles. The van der Waals surface area contributed by atoms with E-state index >= 15 is 0 Å².